The van der Waals surface area contributed by atoms with Crippen molar-refractivity contribution in [3.8, 4) is 0 Å². The number of fused-ring (bicyclic) bond motifs is 1. The average Bonchev–Trinajstić information content (AvgIpc) is 2.94. The fourth-order valence-electron chi connectivity index (χ4n) is 3.16. The summed E-state index contributed by atoms with van der Waals surface area (Å²) in [4.78, 5) is 14.6. The molecule has 0 aromatic heterocycles. The molecule has 0 aliphatic carbocycles. The second kappa shape index (κ2) is 5.19. The highest BCUT2D eigenvalue weighted by molar-refractivity contribution is 5.94. The van der Waals surface area contributed by atoms with Gasteiger partial charge >= 0.3 is 0 Å². The van der Waals surface area contributed by atoms with Gasteiger partial charge in [-0.25, -0.2) is 0 Å². The molecule has 108 valence electrons. The van der Waals surface area contributed by atoms with E-state index in [9.17, 15) is 4.79 Å². The molecule has 1 amide bonds. The van der Waals surface area contributed by atoms with Crippen LogP contribution in [0.1, 0.15) is 41.3 Å². The van der Waals surface area contributed by atoms with Gasteiger partial charge in [0.05, 0.1) is 5.60 Å². The maximum Gasteiger partial charge on any atom is 0.253 e. The molecule has 1 unspecified atom stereocenters. The standard InChI is InChI=1S/C16H22N2O2/c1-16(20-2)6-3-7-18(11-16)15(19)12-4-5-13-9-17-10-14(13)8-12/h4-5,8,17H,3,6-7,9-11H2,1-2H3. The van der Waals surface area contributed by atoms with E-state index in [4.69, 9.17) is 4.74 Å². The highest BCUT2D eigenvalue weighted by Gasteiger charge is 2.33. The Bertz CT molecular complexity index is 529. The number of nitrogens with one attached hydrogen (secondary N) is 1. The van der Waals surface area contributed by atoms with E-state index >= 15 is 0 Å². The first-order chi connectivity index (χ1) is 9.61. The van der Waals surface area contributed by atoms with E-state index in [0.29, 0.717) is 6.54 Å². The molecule has 4 nitrogen and oxygen atoms in total. The summed E-state index contributed by atoms with van der Waals surface area (Å²) in [6, 6.07) is 6.06. The fourth-order valence-corrected chi connectivity index (χ4v) is 3.16. The predicted octanol–water partition coefficient (Wildman–Crippen LogP) is 1.93. The number of amides is 1. The van der Waals surface area contributed by atoms with Gasteiger partial charge in [-0.3, -0.25) is 4.79 Å². The Balaban J connectivity index is 1.78. The minimum Gasteiger partial charge on any atom is -0.377 e. The second-order valence-electron chi connectivity index (χ2n) is 6.07. The summed E-state index contributed by atoms with van der Waals surface area (Å²) in [5, 5.41) is 3.31. The third-order valence-electron chi connectivity index (χ3n) is 4.52. The Labute approximate surface area is 120 Å². The first-order valence-electron chi connectivity index (χ1n) is 7.28. The van der Waals surface area contributed by atoms with Crippen molar-refractivity contribution in [3.05, 3.63) is 34.9 Å². The molecule has 0 spiro atoms. The van der Waals surface area contributed by atoms with Crippen molar-refractivity contribution in [3.63, 3.8) is 0 Å². The topological polar surface area (TPSA) is 41.6 Å². The molecule has 0 saturated carbocycles. The zero-order chi connectivity index (χ0) is 14.2. The van der Waals surface area contributed by atoms with Crippen molar-refractivity contribution >= 4 is 5.91 Å². The summed E-state index contributed by atoms with van der Waals surface area (Å²) in [7, 11) is 1.73. The van der Waals surface area contributed by atoms with Crippen LogP contribution in [-0.2, 0) is 17.8 Å². The van der Waals surface area contributed by atoms with E-state index in [1.54, 1.807) is 7.11 Å². The Morgan fingerprint density at radius 3 is 2.95 bits per heavy atom. The summed E-state index contributed by atoms with van der Waals surface area (Å²) in [6.45, 7) is 5.37. The van der Waals surface area contributed by atoms with Crippen LogP contribution in [0.2, 0.25) is 0 Å². The smallest absolute Gasteiger partial charge is 0.253 e. The second-order valence-corrected chi connectivity index (χ2v) is 6.07. The summed E-state index contributed by atoms with van der Waals surface area (Å²) in [5.41, 5.74) is 3.16. The zero-order valence-corrected chi connectivity index (χ0v) is 12.2. The molecular weight excluding hydrogens is 252 g/mol. The van der Waals surface area contributed by atoms with Gasteiger partial charge in [0.25, 0.3) is 5.91 Å². The largest absolute Gasteiger partial charge is 0.377 e. The SMILES string of the molecule is COC1(C)CCCN(C(=O)c2ccc3c(c2)CNC3)C1. The molecule has 4 heteroatoms. The van der Waals surface area contributed by atoms with E-state index < -0.39 is 0 Å². The van der Waals surface area contributed by atoms with E-state index in [0.717, 1.165) is 38.0 Å². The van der Waals surface area contributed by atoms with Crippen LogP contribution in [0, 0.1) is 0 Å². The molecule has 1 aromatic carbocycles. The molecule has 1 atom stereocenters. The van der Waals surface area contributed by atoms with Gasteiger partial charge in [0, 0.05) is 38.9 Å². The highest BCUT2D eigenvalue weighted by atomic mass is 16.5. The number of hydrogen-bond acceptors (Lipinski definition) is 3. The number of piperidine rings is 1. The van der Waals surface area contributed by atoms with Crippen LogP contribution >= 0.6 is 0 Å². The number of carbonyl (C=O) groups is 1. The molecule has 1 aromatic rings. The summed E-state index contributed by atoms with van der Waals surface area (Å²) >= 11 is 0. The molecule has 2 heterocycles. The van der Waals surface area contributed by atoms with Crippen molar-refractivity contribution in [2.45, 2.75) is 38.5 Å². The third kappa shape index (κ3) is 2.45. The molecule has 2 aliphatic heterocycles. The van der Waals surface area contributed by atoms with E-state index in [-0.39, 0.29) is 11.5 Å². The van der Waals surface area contributed by atoms with Gasteiger partial charge in [-0.1, -0.05) is 6.07 Å². The monoisotopic (exact) mass is 274 g/mol. The lowest BCUT2D eigenvalue weighted by molar-refractivity contribution is -0.0440. The Hall–Kier alpha value is -1.39. The molecule has 1 N–H and O–H groups in total. The van der Waals surface area contributed by atoms with E-state index in [2.05, 4.69) is 18.3 Å². The number of likely N-dealkylation sites (tertiary alicyclic amines) is 1. The number of nitrogens with zero attached hydrogens (tertiary/aromatic N) is 1. The third-order valence-corrected chi connectivity index (χ3v) is 4.52. The van der Waals surface area contributed by atoms with Crippen LogP contribution in [0.5, 0.6) is 0 Å². The molecule has 1 fully saturated rings. The van der Waals surface area contributed by atoms with Crippen molar-refractivity contribution in [1.82, 2.24) is 10.2 Å². The molecule has 0 bridgehead atoms. The first kappa shape index (κ1) is 13.6. The van der Waals surface area contributed by atoms with Gasteiger partial charge in [0.15, 0.2) is 0 Å². The maximum absolute atomic E-state index is 12.7. The molecular formula is C16H22N2O2. The van der Waals surface area contributed by atoms with E-state index in [1.807, 2.05) is 17.0 Å². The molecule has 1 saturated heterocycles. The highest BCUT2D eigenvalue weighted by Crippen LogP contribution is 2.26. The van der Waals surface area contributed by atoms with Crippen LogP contribution in [0.4, 0.5) is 0 Å². The summed E-state index contributed by atoms with van der Waals surface area (Å²) in [5.74, 6) is 0.127. The van der Waals surface area contributed by atoms with Crippen molar-refractivity contribution in [2.75, 3.05) is 20.2 Å². The van der Waals surface area contributed by atoms with Crippen LogP contribution < -0.4 is 5.32 Å². The average molecular weight is 274 g/mol. The maximum atomic E-state index is 12.7. The van der Waals surface area contributed by atoms with Gasteiger partial charge in [0.1, 0.15) is 0 Å². The quantitative estimate of drug-likeness (QED) is 0.896. The van der Waals surface area contributed by atoms with Gasteiger partial charge in [0.2, 0.25) is 0 Å². The van der Waals surface area contributed by atoms with Crippen molar-refractivity contribution in [1.29, 1.82) is 0 Å². The van der Waals surface area contributed by atoms with Crippen LogP contribution in [0.25, 0.3) is 0 Å². The minimum absolute atomic E-state index is 0.127. The normalized spacial score (nSPS) is 25.6. The number of carbonyl (C=O) groups excluding carboxylic acids is 1. The van der Waals surface area contributed by atoms with Gasteiger partial charge < -0.3 is 15.0 Å². The molecule has 3 rings (SSSR count). The number of rotatable bonds is 2. The lowest BCUT2D eigenvalue weighted by atomic mass is 9.94. The lowest BCUT2D eigenvalue weighted by Crippen LogP contribution is -2.49. The summed E-state index contributed by atoms with van der Waals surface area (Å²) < 4.78 is 5.57. The van der Waals surface area contributed by atoms with Gasteiger partial charge in [-0.2, -0.15) is 0 Å². The van der Waals surface area contributed by atoms with Crippen LogP contribution in [0.3, 0.4) is 0 Å². The van der Waals surface area contributed by atoms with Crippen molar-refractivity contribution in [2.24, 2.45) is 0 Å². The van der Waals surface area contributed by atoms with Crippen molar-refractivity contribution < 1.29 is 9.53 Å². The van der Waals surface area contributed by atoms with Crippen LogP contribution in [-0.4, -0.2) is 36.6 Å². The number of hydrogen-bond donors (Lipinski definition) is 1. The number of ether oxygens (including phenoxy) is 1. The molecule has 2 aliphatic rings. The summed E-state index contributed by atoms with van der Waals surface area (Å²) in [6.07, 6.45) is 2.02. The fraction of sp³-hybridized carbons (Fsp3) is 0.562. The Morgan fingerprint density at radius 2 is 2.15 bits per heavy atom. The number of methoxy groups -OCH3 is 1. The number of benzene rings is 1. The Kier molecular flexibility index (Phi) is 3.52. The van der Waals surface area contributed by atoms with Crippen LogP contribution in [0.15, 0.2) is 18.2 Å². The van der Waals surface area contributed by atoms with Gasteiger partial charge in [-0.05, 0) is 43.0 Å². The molecule has 0 radical (unpaired) electrons. The first-order valence-corrected chi connectivity index (χ1v) is 7.28. The minimum atomic E-state index is -0.202. The predicted molar refractivity (Wildman–Crippen MR) is 77.5 cm³/mol. The zero-order valence-electron chi connectivity index (χ0n) is 12.2. The van der Waals surface area contributed by atoms with Gasteiger partial charge in [-0.15, -0.1) is 0 Å². The molecule has 20 heavy (non-hydrogen) atoms. The lowest BCUT2D eigenvalue weighted by Gasteiger charge is -2.39. The van der Waals surface area contributed by atoms with E-state index in [1.165, 1.54) is 11.1 Å². The Morgan fingerprint density at radius 1 is 1.35 bits per heavy atom.